The quantitative estimate of drug-likeness (QED) is 0.752. The molecule has 0 saturated heterocycles. The van der Waals surface area contributed by atoms with Gasteiger partial charge in [-0.05, 0) is 30.5 Å². The second kappa shape index (κ2) is 7.38. The molecule has 0 aliphatic carbocycles. The van der Waals surface area contributed by atoms with Crippen LogP contribution in [0.5, 0.6) is 0 Å². The summed E-state index contributed by atoms with van der Waals surface area (Å²) in [5, 5.41) is 2.94. The average Bonchev–Trinajstić information content (AvgIpc) is 2.91. The fourth-order valence-corrected chi connectivity index (χ4v) is 3.10. The first-order chi connectivity index (χ1) is 12.1. The predicted molar refractivity (Wildman–Crippen MR) is 99.7 cm³/mol. The summed E-state index contributed by atoms with van der Waals surface area (Å²) in [5.41, 5.74) is 2.69. The van der Waals surface area contributed by atoms with Crippen LogP contribution in [0.15, 0.2) is 59.4 Å². The molecule has 1 N–H and O–H groups in total. The zero-order valence-corrected chi connectivity index (χ0v) is 14.6. The molecule has 130 valence electrons. The zero-order valence-electron chi connectivity index (χ0n) is 14.6. The van der Waals surface area contributed by atoms with Crippen LogP contribution < -0.4 is 11.0 Å². The van der Waals surface area contributed by atoms with Gasteiger partial charge in [0.1, 0.15) is 6.54 Å². The summed E-state index contributed by atoms with van der Waals surface area (Å²) in [6, 6.07) is 17.6. The molecule has 0 aliphatic heterocycles. The predicted octanol–water partition coefficient (Wildman–Crippen LogP) is 2.74. The van der Waals surface area contributed by atoms with E-state index in [1.807, 2.05) is 49.4 Å². The minimum atomic E-state index is -0.149. The largest absolute Gasteiger partial charge is 0.354 e. The van der Waals surface area contributed by atoms with E-state index in [9.17, 15) is 9.59 Å². The summed E-state index contributed by atoms with van der Waals surface area (Å²) < 4.78 is 3.23. The third-order valence-corrected chi connectivity index (χ3v) is 4.52. The van der Waals surface area contributed by atoms with E-state index in [1.165, 1.54) is 5.56 Å². The Labute approximate surface area is 146 Å². The van der Waals surface area contributed by atoms with Crippen LogP contribution in [-0.2, 0) is 17.9 Å². The highest BCUT2D eigenvalue weighted by atomic mass is 16.2. The van der Waals surface area contributed by atoms with E-state index in [0.29, 0.717) is 13.1 Å². The summed E-state index contributed by atoms with van der Waals surface area (Å²) in [6.45, 7) is 5.17. The molecule has 5 nitrogen and oxygen atoms in total. The van der Waals surface area contributed by atoms with Crippen LogP contribution in [-0.4, -0.2) is 21.6 Å². The van der Waals surface area contributed by atoms with Gasteiger partial charge in [0.2, 0.25) is 5.91 Å². The summed E-state index contributed by atoms with van der Waals surface area (Å²) in [4.78, 5) is 24.9. The van der Waals surface area contributed by atoms with Crippen molar-refractivity contribution in [3.63, 3.8) is 0 Å². The van der Waals surface area contributed by atoms with Crippen LogP contribution in [0.1, 0.15) is 25.3 Å². The van der Waals surface area contributed by atoms with E-state index in [4.69, 9.17) is 0 Å². The smallest absolute Gasteiger partial charge is 0.329 e. The Kier molecular flexibility index (Phi) is 5.03. The highest BCUT2D eigenvalue weighted by Gasteiger charge is 2.15. The second-order valence-electron chi connectivity index (χ2n) is 6.22. The van der Waals surface area contributed by atoms with E-state index < -0.39 is 0 Å². The Balaban J connectivity index is 1.72. The van der Waals surface area contributed by atoms with Gasteiger partial charge in [0, 0.05) is 13.1 Å². The van der Waals surface area contributed by atoms with Crippen molar-refractivity contribution in [3.8, 4) is 0 Å². The van der Waals surface area contributed by atoms with Gasteiger partial charge >= 0.3 is 5.69 Å². The van der Waals surface area contributed by atoms with Gasteiger partial charge in [0.15, 0.2) is 0 Å². The van der Waals surface area contributed by atoms with E-state index in [2.05, 4.69) is 24.4 Å². The maximum atomic E-state index is 12.6. The van der Waals surface area contributed by atoms with Crippen molar-refractivity contribution in [3.05, 3.63) is 70.6 Å². The maximum absolute atomic E-state index is 12.6. The minimum Gasteiger partial charge on any atom is -0.354 e. The third kappa shape index (κ3) is 3.50. The first-order valence-corrected chi connectivity index (χ1v) is 8.61. The number of rotatable bonds is 6. The molecule has 25 heavy (non-hydrogen) atoms. The Hall–Kier alpha value is -2.82. The molecule has 0 bridgehead atoms. The molecule has 1 amide bonds. The molecule has 0 aliphatic rings. The fourth-order valence-electron chi connectivity index (χ4n) is 3.10. The third-order valence-electron chi connectivity index (χ3n) is 4.52. The first-order valence-electron chi connectivity index (χ1n) is 8.61. The molecule has 1 atom stereocenters. The number of hydrogen-bond donors (Lipinski definition) is 1. The zero-order chi connectivity index (χ0) is 17.8. The van der Waals surface area contributed by atoms with Gasteiger partial charge in [-0.1, -0.05) is 49.4 Å². The minimum absolute atomic E-state index is 0.0356. The van der Waals surface area contributed by atoms with Gasteiger partial charge in [-0.25, -0.2) is 4.79 Å². The Bertz CT molecular complexity index is 925. The number of aromatic nitrogens is 2. The highest BCUT2D eigenvalue weighted by molar-refractivity contribution is 5.81. The molecule has 1 heterocycles. The number of para-hydroxylation sites is 2. The number of fused-ring (bicyclic) bond motifs is 1. The van der Waals surface area contributed by atoms with Crippen molar-refractivity contribution in [2.24, 2.45) is 0 Å². The van der Waals surface area contributed by atoms with Crippen molar-refractivity contribution in [1.29, 1.82) is 0 Å². The van der Waals surface area contributed by atoms with Crippen LogP contribution in [0.2, 0.25) is 0 Å². The molecule has 1 aromatic heterocycles. The SMILES string of the molecule is CCn1c(=O)n(CC(=O)NCC(C)c2ccccc2)c2ccccc21. The van der Waals surface area contributed by atoms with E-state index in [1.54, 1.807) is 9.13 Å². The summed E-state index contributed by atoms with van der Waals surface area (Å²) in [7, 11) is 0. The molecule has 0 fully saturated rings. The summed E-state index contributed by atoms with van der Waals surface area (Å²) in [6.07, 6.45) is 0. The standard InChI is InChI=1S/C20H23N3O2/c1-3-22-17-11-7-8-12-18(17)23(20(22)25)14-19(24)21-13-15(2)16-9-5-4-6-10-16/h4-12,15H,3,13-14H2,1-2H3,(H,21,24). The normalized spacial score (nSPS) is 12.2. The van der Waals surface area contributed by atoms with Gasteiger partial charge in [-0.3, -0.25) is 13.9 Å². The lowest BCUT2D eigenvalue weighted by Crippen LogP contribution is -2.34. The Morgan fingerprint density at radius 1 is 1.00 bits per heavy atom. The van der Waals surface area contributed by atoms with E-state index in [-0.39, 0.29) is 24.1 Å². The Morgan fingerprint density at radius 3 is 2.24 bits per heavy atom. The lowest BCUT2D eigenvalue weighted by atomic mass is 10.0. The first kappa shape index (κ1) is 17.0. The molecule has 0 saturated carbocycles. The van der Waals surface area contributed by atoms with Crippen molar-refractivity contribution in [2.45, 2.75) is 32.9 Å². The highest BCUT2D eigenvalue weighted by Crippen LogP contribution is 2.14. The van der Waals surface area contributed by atoms with Gasteiger partial charge in [-0.2, -0.15) is 0 Å². The Morgan fingerprint density at radius 2 is 1.60 bits per heavy atom. The van der Waals surface area contributed by atoms with Crippen molar-refractivity contribution in [1.82, 2.24) is 14.5 Å². The van der Waals surface area contributed by atoms with Crippen molar-refractivity contribution < 1.29 is 4.79 Å². The maximum Gasteiger partial charge on any atom is 0.329 e. The number of nitrogens with zero attached hydrogens (tertiary/aromatic N) is 2. The van der Waals surface area contributed by atoms with E-state index in [0.717, 1.165) is 11.0 Å². The van der Waals surface area contributed by atoms with Crippen LogP contribution in [0.25, 0.3) is 11.0 Å². The van der Waals surface area contributed by atoms with Gasteiger partial charge in [0.05, 0.1) is 11.0 Å². The summed E-state index contributed by atoms with van der Waals surface area (Å²) >= 11 is 0. The second-order valence-corrected chi connectivity index (χ2v) is 6.22. The van der Waals surface area contributed by atoms with E-state index >= 15 is 0 Å². The number of carbonyl (C=O) groups is 1. The number of hydrogen-bond acceptors (Lipinski definition) is 2. The monoisotopic (exact) mass is 337 g/mol. The number of nitrogens with one attached hydrogen (secondary N) is 1. The van der Waals surface area contributed by atoms with Crippen LogP contribution in [0, 0.1) is 0 Å². The molecule has 0 spiro atoms. The average molecular weight is 337 g/mol. The number of imidazole rings is 1. The van der Waals surface area contributed by atoms with Gasteiger partial charge in [0.25, 0.3) is 0 Å². The van der Waals surface area contributed by atoms with Gasteiger partial charge in [-0.15, -0.1) is 0 Å². The number of benzene rings is 2. The number of aryl methyl sites for hydroxylation is 1. The lowest BCUT2D eigenvalue weighted by molar-refractivity contribution is -0.121. The lowest BCUT2D eigenvalue weighted by Gasteiger charge is -2.13. The van der Waals surface area contributed by atoms with Crippen molar-refractivity contribution in [2.75, 3.05) is 6.54 Å². The van der Waals surface area contributed by atoms with Gasteiger partial charge < -0.3 is 5.32 Å². The van der Waals surface area contributed by atoms with Crippen LogP contribution >= 0.6 is 0 Å². The molecule has 5 heteroatoms. The fraction of sp³-hybridized carbons (Fsp3) is 0.300. The molecule has 3 rings (SSSR count). The summed E-state index contributed by atoms with van der Waals surface area (Å²) in [5.74, 6) is 0.0720. The molecule has 3 aromatic rings. The van der Waals surface area contributed by atoms with Crippen LogP contribution in [0.3, 0.4) is 0 Å². The molecular weight excluding hydrogens is 314 g/mol. The number of carbonyl (C=O) groups excluding carboxylic acids is 1. The van der Waals surface area contributed by atoms with Crippen LogP contribution in [0.4, 0.5) is 0 Å². The molecule has 2 aromatic carbocycles. The molecular formula is C20H23N3O2. The molecule has 1 unspecified atom stereocenters. The van der Waals surface area contributed by atoms with Crippen molar-refractivity contribution >= 4 is 16.9 Å². The molecule has 0 radical (unpaired) electrons. The number of amides is 1. The topological polar surface area (TPSA) is 56.0 Å².